The molecule has 6 heteroatoms. The molecular weight excluding hydrogens is 400 g/mol. The third-order valence-electron chi connectivity index (χ3n) is 4.45. The summed E-state index contributed by atoms with van der Waals surface area (Å²) in [5.41, 5.74) is 0.661. The Labute approximate surface area is 161 Å². The molecule has 1 aliphatic heterocycles. The van der Waals surface area contributed by atoms with Crippen molar-refractivity contribution >= 4 is 33.2 Å². The van der Waals surface area contributed by atoms with Gasteiger partial charge in [0.15, 0.2) is 0 Å². The van der Waals surface area contributed by atoms with Crippen molar-refractivity contribution in [2.24, 2.45) is 0 Å². The second kappa shape index (κ2) is 7.17. The zero-order valence-corrected chi connectivity index (χ0v) is 17.2. The first-order valence-corrected chi connectivity index (χ1v) is 10.0. The van der Waals surface area contributed by atoms with Crippen LogP contribution in [0.5, 0.6) is 0 Å². The molecule has 134 valence electrons. The van der Waals surface area contributed by atoms with Crippen LogP contribution in [0, 0.1) is 0 Å². The summed E-state index contributed by atoms with van der Waals surface area (Å²) in [6, 6.07) is 8.16. The third kappa shape index (κ3) is 4.13. The van der Waals surface area contributed by atoms with Crippen LogP contribution in [0.15, 0.2) is 34.9 Å². The topological polar surface area (TPSA) is 51.2 Å². The average molecular weight is 423 g/mol. The Morgan fingerprint density at radius 2 is 2.04 bits per heavy atom. The number of nitrogens with one attached hydrogen (secondary N) is 1. The van der Waals surface area contributed by atoms with Gasteiger partial charge >= 0.3 is 0 Å². The lowest BCUT2D eigenvalue weighted by atomic mass is 9.82. The summed E-state index contributed by atoms with van der Waals surface area (Å²) in [7, 11) is 0. The molecule has 25 heavy (non-hydrogen) atoms. The Kier molecular flexibility index (Phi) is 5.32. The fourth-order valence-corrected chi connectivity index (χ4v) is 4.26. The van der Waals surface area contributed by atoms with Gasteiger partial charge in [-0.1, -0.05) is 48.8 Å². The first-order valence-electron chi connectivity index (χ1n) is 8.43. The number of amides is 1. The minimum atomic E-state index is -0.398. The summed E-state index contributed by atoms with van der Waals surface area (Å²) in [5.74, 6) is -0.0603. The molecule has 1 fully saturated rings. The van der Waals surface area contributed by atoms with Gasteiger partial charge in [0.05, 0.1) is 16.7 Å². The van der Waals surface area contributed by atoms with E-state index in [1.165, 1.54) is 11.3 Å². The van der Waals surface area contributed by atoms with Crippen LogP contribution in [0.2, 0.25) is 0 Å². The maximum absolute atomic E-state index is 12.9. The van der Waals surface area contributed by atoms with E-state index >= 15 is 0 Å². The van der Waals surface area contributed by atoms with E-state index in [0.29, 0.717) is 18.1 Å². The average Bonchev–Trinajstić information content (AvgIpc) is 3.06. The largest absolute Gasteiger partial charge is 0.381 e. The molecule has 0 radical (unpaired) electrons. The number of rotatable bonds is 3. The smallest absolute Gasteiger partial charge is 0.263 e. The standard InChI is InChI=1S/C19H23BrN2O2S/c1-18(2,3)17-21-12-15(25-17)16(23)22-19(7-9-24-10-8-19)13-5-4-6-14(20)11-13/h4-6,11-12H,7-10H2,1-3H3,(H,22,23). The van der Waals surface area contributed by atoms with Gasteiger partial charge in [0.25, 0.3) is 5.91 Å². The Bertz CT molecular complexity index is 761. The summed E-state index contributed by atoms with van der Waals surface area (Å²) in [6.45, 7) is 7.60. The molecule has 2 heterocycles. The maximum Gasteiger partial charge on any atom is 0.263 e. The highest BCUT2D eigenvalue weighted by Gasteiger charge is 2.37. The van der Waals surface area contributed by atoms with Gasteiger partial charge in [0.1, 0.15) is 4.88 Å². The van der Waals surface area contributed by atoms with E-state index < -0.39 is 5.54 Å². The molecule has 3 rings (SSSR count). The molecule has 2 aromatic rings. The fraction of sp³-hybridized carbons (Fsp3) is 0.474. The first-order chi connectivity index (χ1) is 11.8. The number of carbonyl (C=O) groups excluding carboxylic acids is 1. The Morgan fingerprint density at radius 3 is 2.64 bits per heavy atom. The van der Waals surface area contributed by atoms with Crippen molar-refractivity contribution in [1.82, 2.24) is 10.3 Å². The van der Waals surface area contributed by atoms with Gasteiger partial charge in [-0.3, -0.25) is 4.79 Å². The van der Waals surface area contributed by atoms with Gasteiger partial charge in [-0.25, -0.2) is 4.98 Å². The van der Waals surface area contributed by atoms with E-state index in [1.807, 2.05) is 12.1 Å². The van der Waals surface area contributed by atoms with Crippen LogP contribution in [-0.2, 0) is 15.7 Å². The predicted octanol–water partition coefficient (Wildman–Crippen LogP) is 4.64. The molecule has 1 aromatic carbocycles. The molecule has 1 aromatic heterocycles. The van der Waals surface area contributed by atoms with Crippen molar-refractivity contribution < 1.29 is 9.53 Å². The van der Waals surface area contributed by atoms with E-state index in [1.54, 1.807) is 6.20 Å². The van der Waals surface area contributed by atoms with Crippen molar-refractivity contribution in [3.05, 3.63) is 50.4 Å². The summed E-state index contributed by atoms with van der Waals surface area (Å²) >= 11 is 5.01. The number of aromatic nitrogens is 1. The summed E-state index contributed by atoms with van der Waals surface area (Å²) in [4.78, 5) is 18.0. The molecule has 1 aliphatic rings. The van der Waals surface area contributed by atoms with E-state index in [2.05, 4.69) is 59.1 Å². The number of hydrogen-bond acceptors (Lipinski definition) is 4. The van der Waals surface area contributed by atoms with Crippen LogP contribution >= 0.6 is 27.3 Å². The van der Waals surface area contributed by atoms with Gasteiger partial charge < -0.3 is 10.1 Å². The number of ether oxygens (including phenoxy) is 1. The second-order valence-corrected chi connectivity index (χ2v) is 9.38. The molecule has 0 aliphatic carbocycles. The van der Waals surface area contributed by atoms with Crippen LogP contribution in [0.3, 0.4) is 0 Å². The Hall–Kier alpha value is -1.24. The SMILES string of the molecule is CC(C)(C)c1ncc(C(=O)NC2(c3cccc(Br)c3)CCOCC2)s1. The lowest BCUT2D eigenvalue weighted by Crippen LogP contribution is -2.49. The minimum Gasteiger partial charge on any atom is -0.381 e. The number of benzene rings is 1. The molecule has 1 N–H and O–H groups in total. The van der Waals surface area contributed by atoms with Gasteiger partial charge in [0, 0.05) is 23.1 Å². The zero-order chi connectivity index (χ0) is 18.1. The van der Waals surface area contributed by atoms with Crippen LogP contribution in [0.1, 0.15) is 53.9 Å². The van der Waals surface area contributed by atoms with Gasteiger partial charge in [-0.05, 0) is 30.5 Å². The Balaban J connectivity index is 1.88. The van der Waals surface area contributed by atoms with Crippen molar-refractivity contribution in [3.63, 3.8) is 0 Å². The highest BCUT2D eigenvalue weighted by atomic mass is 79.9. The quantitative estimate of drug-likeness (QED) is 0.783. The van der Waals surface area contributed by atoms with Crippen molar-refractivity contribution in [2.45, 2.75) is 44.6 Å². The highest BCUT2D eigenvalue weighted by molar-refractivity contribution is 9.10. The first kappa shape index (κ1) is 18.5. The van der Waals surface area contributed by atoms with Crippen molar-refractivity contribution in [1.29, 1.82) is 0 Å². The summed E-state index contributed by atoms with van der Waals surface area (Å²) in [6.07, 6.45) is 3.22. The number of carbonyl (C=O) groups is 1. The van der Waals surface area contributed by atoms with E-state index in [-0.39, 0.29) is 11.3 Å². The second-order valence-electron chi connectivity index (χ2n) is 7.44. The molecule has 0 atom stereocenters. The van der Waals surface area contributed by atoms with Crippen molar-refractivity contribution in [3.8, 4) is 0 Å². The number of thiazole rings is 1. The van der Waals surface area contributed by atoms with Crippen LogP contribution in [0.25, 0.3) is 0 Å². The zero-order valence-electron chi connectivity index (χ0n) is 14.8. The van der Waals surface area contributed by atoms with Crippen LogP contribution in [0.4, 0.5) is 0 Å². The number of halogens is 1. The molecule has 0 saturated carbocycles. The normalized spacial score (nSPS) is 17.3. The van der Waals surface area contributed by atoms with Crippen molar-refractivity contribution in [2.75, 3.05) is 13.2 Å². The molecule has 0 bridgehead atoms. The third-order valence-corrected chi connectivity index (χ3v) is 6.36. The maximum atomic E-state index is 12.9. The van der Waals surface area contributed by atoms with E-state index in [0.717, 1.165) is 27.9 Å². The lowest BCUT2D eigenvalue weighted by molar-refractivity contribution is 0.0346. The van der Waals surface area contributed by atoms with E-state index in [4.69, 9.17) is 4.74 Å². The Morgan fingerprint density at radius 1 is 1.32 bits per heavy atom. The van der Waals surface area contributed by atoms with Gasteiger partial charge in [-0.15, -0.1) is 11.3 Å². The van der Waals surface area contributed by atoms with Gasteiger partial charge in [0.2, 0.25) is 0 Å². The van der Waals surface area contributed by atoms with Crippen LogP contribution in [-0.4, -0.2) is 24.1 Å². The number of hydrogen-bond donors (Lipinski definition) is 1. The molecule has 1 saturated heterocycles. The molecule has 0 spiro atoms. The highest BCUT2D eigenvalue weighted by Crippen LogP contribution is 2.34. The molecule has 1 amide bonds. The van der Waals surface area contributed by atoms with Crippen LogP contribution < -0.4 is 5.32 Å². The molecule has 4 nitrogen and oxygen atoms in total. The molecule has 0 unspecified atom stereocenters. The predicted molar refractivity (Wildman–Crippen MR) is 104 cm³/mol. The summed E-state index contributed by atoms with van der Waals surface area (Å²) < 4.78 is 6.55. The minimum absolute atomic E-state index is 0.0517. The fourth-order valence-electron chi connectivity index (χ4n) is 3.00. The summed E-state index contributed by atoms with van der Waals surface area (Å²) in [5, 5.41) is 4.26. The van der Waals surface area contributed by atoms with E-state index in [9.17, 15) is 4.79 Å². The molecular formula is C19H23BrN2O2S. The number of nitrogens with zero attached hydrogens (tertiary/aromatic N) is 1. The lowest BCUT2D eigenvalue weighted by Gasteiger charge is -2.38. The monoisotopic (exact) mass is 422 g/mol. The van der Waals surface area contributed by atoms with Gasteiger partial charge in [-0.2, -0.15) is 0 Å².